The number of carbonyl (C=O) groups is 3. The summed E-state index contributed by atoms with van der Waals surface area (Å²) >= 11 is 11.7. The summed E-state index contributed by atoms with van der Waals surface area (Å²) in [5, 5.41) is 6.09. The second-order valence-electron chi connectivity index (χ2n) is 5.82. The molecule has 2 rings (SSSR count). The van der Waals surface area contributed by atoms with Crippen LogP contribution in [0.3, 0.4) is 0 Å². The Labute approximate surface area is 166 Å². The maximum absolute atomic E-state index is 12.1. The first kappa shape index (κ1) is 20.7. The van der Waals surface area contributed by atoms with E-state index in [1.165, 1.54) is 19.1 Å². The molecule has 2 N–H and O–H groups in total. The van der Waals surface area contributed by atoms with Crippen molar-refractivity contribution in [2.45, 2.75) is 19.9 Å². The van der Waals surface area contributed by atoms with E-state index in [1.807, 2.05) is 6.92 Å². The Kier molecular flexibility index (Phi) is 7.21. The molecule has 6 nitrogen and oxygen atoms in total. The van der Waals surface area contributed by atoms with Crippen LogP contribution in [0.25, 0.3) is 0 Å². The molecule has 27 heavy (non-hydrogen) atoms. The number of aryl methyl sites for hydroxylation is 1. The van der Waals surface area contributed by atoms with Crippen LogP contribution in [0.4, 0.5) is 5.69 Å². The van der Waals surface area contributed by atoms with Gasteiger partial charge in [0, 0.05) is 21.3 Å². The second-order valence-corrected chi connectivity index (χ2v) is 6.69. The van der Waals surface area contributed by atoms with Crippen LogP contribution in [0.15, 0.2) is 42.5 Å². The van der Waals surface area contributed by atoms with Crippen molar-refractivity contribution in [3.63, 3.8) is 0 Å². The Balaban J connectivity index is 1.83. The number of anilines is 1. The van der Waals surface area contributed by atoms with Gasteiger partial charge in [-0.15, -0.1) is 0 Å². The molecule has 0 radical (unpaired) electrons. The second kappa shape index (κ2) is 9.39. The zero-order valence-electron chi connectivity index (χ0n) is 14.7. The van der Waals surface area contributed by atoms with Gasteiger partial charge in [-0.2, -0.15) is 0 Å². The smallest absolute Gasteiger partial charge is 0.328 e. The number of nitrogens with one attached hydrogen (secondary N) is 2. The molecule has 8 heteroatoms. The summed E-state index contributed by atoms with van der Waals surface area (Å²) in [4.78, 5) is 36.0. The molecule has 2 aromatic carbocycles. The third kappa shape index (κ3) is 6.27. The highest BCUT2D eigenvalue weighted by atomic mass is 35.5. The van der Waals surface area contributed by atoms with E-state index in [2.05, 4.69) is 10.6 Å². The van der Waals surface area contributed by atoms with Crippen LogP contribution in [0.2, 0.25) is 10.0 Å². The van der Waals surface area contributed by atoms with Gasteiger partial charge in [-0.1, -0.05) is 29.3 Å². The number of halogens is 2. The molecule has 1 atom stereocenters. The first-order chi connectivity index (χ1) is 12.8. The van der Waals surface area contributed by atoms with E-state index in [4.69, 9.17) is 27.9 Å². The number of hydrogen-bond acceptors (Lipinski definition) is 4. The molecule has 0 saturated carbocycles. The molecule has 2 aromatic rings. The van der Waals surface area contributed by atoms with Crippen LogP contribution in [0.1, 0.15) is 22.8 Å². The third-order valence-corrected chi connectivity index (χ3v) is 4.11. The lowest BCUT2D eigenvalue weighted by Gasteiger charge is -2.14. The van der Waals surface area contributed by atoms with Crippen LogP contribution in [0, 0.1) is 6.92 Å². The molecule has 142 valence electrons. The molecule has 0 spiro atoms. The maximum Gasteiger partial charge on any atom is 0.328 e. The SMILES string of the molecule is Cc1ccc(Cl)cc1NC(=O)COC(=O)[C@H](C)NC(=O)c1ccc(Cl)cc1. The van der Waals surface area contributed by atoms with E-state index in [9.17, 15) is 14.4 Å². The Bertz CT molecular complexity index is 853. The highest BCUT2D eigenvalue weighted by Gasteiger charge is 2.19. The van der Waals surface area contributed by atoms with Gasteiger partial charge >= 0.3 is 5.97 Å². The summed E-state index contributed by atoms with van der Waals surface area (Å²) in [7, 11) is 0. The first-order valence-corrected chi connectivity index (χ1v) is 8.81. The summed E-state index contributed by atoms with van der Waals surface area (Å²) in [5.41, 5.74) is 1.71. The highest BCUT2D eigenvalue weighted by Crippen LogP contribution is 2.20. The fourth-order valence-corrected chi connectivity index (χ4v) is 2.42. The van der Waals surface area contributed by atoms with Gasteiger partial charge in [0.25, 0.3) is 11.8 Å². The number of esters is 1. The van der Waals surface area contributed by atoms with Crippen molar-refractivity contribution in [3.8, 4) is 0 Å². The molecule has 2 amide bonds. The Hall–Kier alpha value is -2.57. The lowest BCUT2D eigenvalue weighted by Crippen LogP contribution is -2.40. The van der Waals surface area contributed by atoms with Gasteiger partial charge in [0.2, 0.25) is 0 Å². The molecular weight excluding hydrogens is 391 g/mol. The van der Waals surface area contributed by atoms with Crippen LogP contribution in [-0.2, 0) is 14.3 Å². The van der Waals surface area contributed by atoms with E-state index in [0.717, 1.165) is 5.56 Å². The van der Waals surface area contributed by atoms with Crippen molar-refractivity contribution in [1.82, 2.24) is 5.32 Å². The molecule has 0 unspecified atom stereocenters. The first-order valence-electron chi connectivity index (χ1n) is 8.05. The Morgan fingerprint density at radius 2 is 1.67 bits per heavy atom. The third-order valence-electron chi connectivity index (χ3n) is 3.63. The van der Waals surface area contributed by atoms with Crippen molar-refractivity contribution in [2.24, 2.45) is 0 Å². The number of rotatable bonds is 6. The van der Waals surface area contributed by atoms with Crippen LogP contribution < -0.4 is 10.6 Å². The average molecular weight is 409 g/mol. The summed E-state index contributed by atoms with van der Waals surface area (Å²) in [5.74, 6) is -1.68. The molecule has 0 aliphatic carbocycles. The van der Waals surface area contributed by atoms with Crippen molar-refractivity contribution < 1.29 is 19.1 Å². The number of carbonyl (C=O) groups excluding carboxylic acids is 3. The number of benzene rings is 2. The predicted octanol–water partition coefficient (Wildman–Crippen LogP) is 3.60. The predicted molar refractivity (Wildman–Crippen MR) is 104 cm³/mol. The van der Waals surface area contributed by atoms with Crippen molar-refractivity contribution in [2.75, 3.05) is 11.9 Å². The minimum atomic E-state index is -0.922. The normalized spacial score (nSPS) is 11.4. The number of hydrogen-bond donors (Lipinski definition) is 2. The van der Waals surface area contributed by atoms with Gasteiger partial charge in [0.15, 0.2) is 6.61 Å². The minimum Gasteiger partial charge on any atom is -0.454 e. The van der Waals surface area contributed by atoms with Gasteiger partial charge in [0.05, 0.1) is 0 Å². The molecule has 0 saturated heterocycles. The van der Waals surface area contributed by atoms with E-state index < -0.39 is 30.4 Å². The number of ether oxygens (including phenoxy) is 1. The average Bonchev–Trinajstić information content (AvgIpc) is 2.63. The Morgan fingerprint density at radius 3 is 2.33 bits per heavy atom. The van der Waals surface area contributed by atoms with Crippen molar-refractivity contribution in [3.05, 3.63) is 63.6 Å². The van der Waals surface area contributed by atoms with Crippen molar-refractivity contribution >= 4 is 46.7 Å². The van der Waals surface area contributed by atoms with Crippen LogP contribution >= 0.6 is 23.2 Å². The molecular formula is C19H18Cl2N2O4. The molecule has 0 fully saturated rings. The van der Waals surface area contributed by atoms with E-state index in [0.29, 0.717) is 21.3 Å². The topological polar surface area (TPSA) is 84.5 Å². The fraction of sp³-hybridized carbons (Fsp3) is 0.211. The summed E-state index contributed by atoms with van der Waals surface area (Å²) in [6.45, 7) is 2.80. The largest absolute Gasteiger partial charge is 0.454 e. The van der Waals surface area contributed by atoms with Gasteiger partial charge in [-0.25, -0.2) is 4.79 Å². The Morgan fingerprint density at radius 1 is 1.04 bits per heavy atom. The molecule has 0 aliphatic rings. The van der Waals surface area contributed by atoms with Gasteiger partial charge in [0.1, 0.15) is 6.04 Å². The maximum atomic E-state index is 12.1. The minimum absolute atomic E-state index is 0.355. The summed E-state index contributed by atoms with van der Waals surface area (Å²) in [6, 6.07) is 10.4. The standard InChI is InChI=1S/C19H18Cl2N2O4/c1-11-3-6-15(21)9-16(11)23-17(24)10-27-19(26)12(2)22-18(25)13-4-7-14(20)8-5-13/h3-9,12H,10H2,1-2H3,(H,22,25)(H,23,24)/t12-/m0/s1. The fourth-order valence-electron chi connectivity index (χ4n) is 2.12. The zero-order chi connectivity index (χ0) is 20.0. The zero-order valence-corrected chi connectivity index (χ0v) is 16.2. The van der Waals surface area contributed by atoms with E-state index >= 15 is 0 Å². The molecule has 0 aliphatic heterocycles. The van der Waals surface area contributed by atoms with Gasteiger partial charge < -0.3 is 15.4 Å². The quantitative estimate of drug-likeness (QED) is 0.714. The lowest BCUT2D eigenvalue weighted by atomic mass is 10.2. The van der Waals surface area contributed by atoms with Gasteiger partial charge in [-0.05, 0) is 55.8 Å². The van der Waals surface area contributed by atoms with Crippen LogP contribution in [0.5, 0.6) is 0 Å². The van der Waals surface area contributed by atoms with Crippen LogP contribution in [-0.4, -0.2) is 30.4 Å². The molecule has 0 bridgehead atoms. The monoisotopic (exact) mass is 408 g/mol. The van der Waals surface area contributed by atoms with E-state index in [1.54, 1.807) is 30.3 Å². The van der Waals surface area contributed by atoms with E-state index in [-0.39, 0.29) is 0 Å². The van der Waals surface area contributed by atoms with Crippen molar-refractivity contribution in [1.29, 1.82) is 0 Å². The molecule has 0 heterocycles. The van der Waals surface area contributed by atoms with Gasteiger partial charge in [-0.3, -0.25) is 9.59 Å². The lowest BCUT2D eigenvalue weighted by molar-refractivity contribution is -0.148. The highest BCUT2D eigenvalue weighted by molar-refractivity contribution is 6.31. The summed E-state index contributed by atoms with van der Waals surface area (Å²) in [6.07, 6.45) is 0. The summed E-state index contributed by atoms with van der Waals surface area (Å²) < 4.78 is 4.94. The number of amides is 2. The molecule has 0 aromatic heterocycles.